The molecule has 0 saturated carbocycles. The van der Waals surface area contributed by atoms with Gasteiger partial charge in [-0.25, -0.2) is 0 Å². The number of alkyl halides is 3. The summed E-state index contributed by atoms with van der Waals surface area (Å²) in [7, 11) is 0. The van der Waals surface area contributed by atoms with E-state index >= 15 is 0 Å². The largest absolute Gasteiger partial charge is 0.401 e. The van der Waals surface area contributed by atoms with E-state index in [1.54, 1.807) is 31.2 Å². The van der Waals surface area contributed by atoms with Crippen LogP contribution in [-0.2, 0) is 4.79 Å². The second-order valence-electron chi connectivity index (χ2n) is 4.06. The first-order valence-electron chi connectivity index (χ1n) is 5.60. The van der Waals surface area contributed by atoms with Gasteiger partial charge in [0.25, 0.3) is 0 Å². The molecule has 7 heteroatoms. The van der Waals surface area contributed by atoms with Gasteiger partial charge in [-0.3, -0.25) is 4.79 Å². The average molecular weight is 295 g/mol. The van der Waals surface area contributed by atoms with Gasteiger partial charge in [-0.15, -0.1) is 0 Å². The molecular weight excluding hydrogens is 281 g/mol. The third-order valence-corrected chi connectivity index (χ3v) is 2.61. The first-order chi connectivity index (χ1) is 8.78. The summed E-state index contributed by atoms with van der Waals surface area (Å²) >= 11 is 5.73. The number of halogens is 4. The molecule has 1 aromatic rings. The second kappa shape index (κ2) is 6.77. The highest BCUT2D eigenvalue weighted by Gasteiger charge is 2.26. The van der Waals surface area contributed by atoms with Crippen LogP contribution in [0.4, 0.5) is 13.2 Å². The third-order valence-electron chi connectivity index (χ3n) is 2.36. The maximum Gasteiger partial charge on any atom is 0.401 e. The van der Waals surface area contributed by atoms with Crippen molar-refractivity contribution in [1.82, 2.24) is 10.6 Å². The molecule has 1 atom stereocenters. The van der Waals surface area contributed by atoms with Crippen LogP contribution in [-0.4, -0.2) is 25.2 Å². The van der Waals surface area contributed by atoms with Gasteiger partial charge in [-0.1, -0.05) is 23.7 Å². The fourth-order valence-electron chi connectivity index (χ4n) is 1.45. The zero-order valence-corrected chi connectivity index (χ0v) is 11.0. The van der Waals surface area contributed by atoms with Gasteiger partial charge in [0, 0.05) is 5.02 Å². The lowest BCUT2D eigenvalue weighted by Crippen LogP contribution is -2.39. The zero-order chi connectivity index (χ0) is 14.5. The Bertz CT molecular complexity index is 420. The van der Waals surface area contributed by atoms with Gasteiger partial charge in [0.05, 0.1) is 19.1 Å². The van der Waals surface area contributed by atoms with Crippen molar-refractivity contribution in [3.8, 4) is 0 Å². The van der Waals surface area contributed by atoms with E-state index in [1.807, 2.05) is 5.32 Å². The summed E-state index contributed by atoms with van der Waals surface area (Å²) in [6.07, 6.45) is -4.32. The van der Waals surface area contributed by atoms with E-state index in [0.717, 1.165) is 5.56 Å². The highest BCUT2D eigenvalue weighted by Crippen LogP contribution is 2.16. The van der Waals surface area contributed by atoms with E-state index in [-0.39, 0.29) is 12.6 Å². The number of rotatable bonds is 5. The van der Waals surface area contributed by atoms with Crippen molar-refractivity contribution in [2.24, 2.45) is 0 Å². The van der Waals surface area contributed by atoms with Crippen LogP contribution in [0, 0.1) is 0 Å². The lowest BCUT2D eigenvalue weighted by molar-refractivity contribution is -0.128. The molecule has 1 aromatic carbocycles. The summed E-state index contributed by atoms with van der Waals surface area (Å²) in [5.74, 6) is -0.494. The molecule has 1 amide bonds. The predicted molar refractivity (Wildman–Crippen MR) is 66.9 cm³/mol. The van der Waals surface area contributed by atoms with Gasteiger partial charge < -0.3 is 10.6 Å². The molecule has 0 unspecified atom stereocenters. The molecule has 0 spiro atoms. The SMILES string of the molecule is C[C@@H](NC(=O)CNCC(F)(F)F)c1ccc(Cl)cc1. The van der Waals surface area contributed by atoms with Crippen LogP contribution in [0.15, 0.2) is 24.3 Å². The van der Waals surface area contributed by atoms with E-state index in [4.69, 9.17) is 11.6 Å². The molecule has 0 heterocycles. The van der Waals surface area contributed by atoms with Gasteiger partial charge in [-0.05, 0) is 24.6 Å². The quantitative estimate of drug-likeness (QED) is 0.876. The van der Waals surface area contributed by atoms with E-state index in [0.29, 0.717) is 5.02 Å². The van der Waals surface area contributed by atoms with Crippen LogP contribution in [0.3, 0.4) is 0 Å². The number of benzene rings is 1. The van der Waals surface area contributed by atoms with Gasteiger partial charge >= 0.3 is 6.18 Å². The lowest BCUT2D eigenvalue weighted by atomic mass is 10.1. The fraction of sp³-hybridized carbons (Fsp3) is 0.417. The molecule has 0 aromatic heterocycles. The molecule has 3 nitrogen and oxygen atoms in total. The van der Waals surface area contributed by atoms with Gasteiger partial charge in [0.1, 0.15) is 0 Å². The van der Waals surface area contributed by atoms with Crippen LogP contribution in [0.5, 0.6) is 0 Å². The van der Waals surface area contributed by atoms with Crippen molar-refractivity contribution in [3.63, 3.8) is 0 Å². The Morgan fingerprint density at radius 1 is 1.32 bits per heavy atom. The maximum atomic E-state index is 11.9. The fourth-order valence-corrected chi connectivity index (χ4v) is 1.57. The van der Waals surface area contributed by atoms with Crippen molar-refractivity contribution in [1.29, 1.82) is 0 Å². The van der Waals surface area contributed by atoms with Crippen LogP contribution < -0.4 is 10.6 Å². The Hall–Kier alpha value is -1.27. The normalized spacial score (nSPS) is 13.1. The van der Waals surface area contributed by atoms with Crippen molar-refractivity contribution >= 4 is 17.5 Å². The van der Waals surface area contributed by atoms with Crippen molar-refractivity contribution < 1.29 is 18.0 Å². The molecule has 0 aliphatic rings. The van der Waals surface area contributed by atoms with Crippen LogP contribution in [0.2, 0.25) is 5.02 Å². The first-order valence-corrected chi connectivity index (χ1v) is 5.98. The second-order valence-corrected chi connectivity index (χ2v) is 4.50. The van der Waals surface area contributed by atoms with Crippen molar-refractivity contribution in [3.05, 3.63) is 34.9 Å². The van der Waals surface area contributed by atoms with Crippen molar-refractivity contribution in [2.45, 2.75) is 19.1 Å². The summed E-state index contributed by atoms with van der Waals surface area (Å²) in [6, 6.07) is 6.56. The lowest BCUT2D eigenvalue weighted by Gasteiger charge is -2.15. The highest BCUT2D eigenvalue weighted by atomic mass is 35.5. The van der Waals surface area contributed by atoms with Crippen molar-refractivity contribution in [2.75, 3.05) is 13.1 Å². The summed E-state index contributed by atoms with van der Waals surface area (Å²) < 4.78 is 35.6. The summed E-state index contributed by atoms with van der Waals surface area (Å²) in [4.78, 5) is 11.4. The Kier molecular flexibility index (Phi) is 5.62. The van der Waals surface area contributed by atoms with Gasteiger partial charge in [-0.2, -0.15) is 13.2 Å². The number of nitrogens with one attached hydrogen (secondary N) is 2. The van der Waals surface area contributed by atoms with E-state index in [9.17, 15) is 18.0 Å². The Labute approximate surface area is 114 Å². The number of carbonyl (C=O) groups excluding carboxylic acids is 1. The van der Waals surface area contributed by atoms with Gasteiger partial charge in [0.15, 0.2) is 0 Å². The minimum absolute atomic E-state index is 0.294. The third kappa shape index (κ3) is 6.45. The van der Waals surface area contributed by atoms with Crippen LogP contribution in [0.1, 0.15) is 18.5 Å². The van der Waals surface area contributed by atoms with Crippen LogP contribution in [0.25, 0.3) is 0 Å². The van der Waals surface area contributed by atoms with Crippen LogP contribution >= 0.6 is 11.6 Å². The van der Waals surface area contributed by atoms with Gasteiger partial charge in [0.2, 0.25) is 5.91 Å². The van der Waals surface area contributed by atoms with E-state index < -0.39 is 18.6 Å². The Morgan fingerprint density at radius 3 is 2.42 bits per heavy atom. The number of hydrogen-bond acceptors (Lipinski definition) is 2. The molecule has 0 aliphatic heterocycles. The summed E-state index contributed by atoms with van der Waals surface area (Å²) in [5.41, 5.74) is 0.827. The molecule has 19 heavy (non-hydrogen) atoms. The summed E-state index contributed by atoms with van der Waals surface area (Å²) in [6.45, 7) is 0.179. The molecule has 2 N–H and O–H groups in total. The van der Waals surface area contributed by atoms with E-state index in [1.165, 1.54) is 0 Å². The molecule has 0 aliphatic carbocycles. The molecule has 106 valence electrons. The van der Waals surface area contributed by atoms with E-state index in [2.05, 4.69) is 5.32 Å². The average Bonchev–Trinajstić information content (AvgIpc) is 2.27. The minimum Gasteiger partial charge on any atom is -0.348 e. The number of carbonyl (C=O) groups is 1. The summed E-state index contributed by atoms with van der Waals surface area (Å²) in [5, 5.41) is 5.20. The molecular formula is C12H14ClF3N2O. The molecule has 0 radical (unpaired) electrons. The standard InChI is InChI=1S/C12H14ClF3N2O/c1-8(9-2-4-10(13)5-3-9)18-11(19)6-17-7-12(14,15)16/h2-5,8,17H,6-7H2,1H3,(H,18,19)/t8-/m1/s1. The molecule has 0 bridgehead atoms. The zero-order valence-electron chi connectivity index (χ0n) is 10.2. The predicted octanol–water partition coefficient (Wildman–Crippen LogP) is 2.67. The number of hydrogen-bond donors (Lipinski definition) is 2. The Balaban J connectivity index is 2.38. The highest BCUT2D eigenvalue weighted by molar-refractivity contribution is 6.30. The topological polar surface area (TPSA) is 41.1 Å². The minimum atomic E-state index is -4.32. The smallest absolute Gasteiger partial charge is 0.348 e. The Morgan fingerprint density at radius 2 is 1.89 bits per heavy atom. The number of amides is 1. The molecule has 0 fully saturated rings. The maximum absolute atomic E-state index is 11.9. The molecule has 0 saturated heterocycles. The first kappa shape index (κ1) is 15.8. The monoisotopic (exact) mass is 294 g/mol. The molecule has 1 rings (SSSR count).